The zero-order chi connectivity index (χ0) is 26.6. The number of imidazole rings is 1. The van der Waals surface area contributed by atoms with Crippen molar-refractivity contribution >= 4 is 53.1 Å². The number of carbonyl (C=O) groups is 3. The summed E-state index contributed by atoms with van der Waals surface area (Å²) in [5, 5.41) is 0.959. The van der Waals surface area contributed by atoms with Gasteiger partial charge in [0.25, 0.3) is 5.91 Å². The number of halogens is 2. The number of rotatable bonds is 7. The lowest BCUT2D eigenvalue weighted by atomic mass is 10.2. The minimum Gasteiger partial charge on any atom is -0.467 e. The first kappa shape index (κ1) is 25.4. The van der Waals surface area contributed by atoms with Crippen molar-refractivity contribution in [1.29, 1.82) is 0 Å². The predicted molar refractivity (Wildman–Crippen MR) is 137 cm³/mol. The maximum absolute atomic E-state index is 12.8. The van der Waals surface area contributed by atoms with Gasteiger partial charge in [-0.15, -0.1) is 0 Å². The minimum atomic E-state index is -0.669. The minimum absolute atomic E-state index is 0.137. The number of carbonyl (C=O) groups excluding carboxylic acids is 3. The summed E-state index contributed by atoms with van der Waals surface area (Å²) in [7, 11) is 0. The number of aromatic nitrogens is 2. The molecule has 1 amide bonds. The quantitative estimate of drug-likeness (QED) is 0.386. The van der Waals surface area contributed by atoms with Crippen LogP contribution < -0.4 is 0 Å². The Bertz CT molecular complexity index is 1490. The monoisotopic (exact) mass is 552 g/mol. The summed E-state index contributed by atoms with van der Waals surface area (Å²) in [4.78, 5) is 49.2. The summed E-state index contributed by atoms with van der Waals surface area (Å²) in [5.41, 5.74) is 0.956. The van der Waals surface area contributed by atoms with Crippen LogP contribution in [0, 0.1) is 0 Å². The summed E-state index contributed by atoms with van der Waals surface area (Å²) in [5.74, 6) is -0.997. The molecule has 0 spiro atoms. The van der Waals surface area contributed by atoms with Gasteiger partial charge in [-0.3, -0.25) is 9.36 Å². The van der Waals surface area contributed by atoms with Gasteiger partial charge < -0.3 is 14.2 Å². The van der Waals surface area contributed by atoms with Gasteiger partial charge in [-0.2, -0.15) is 4.99 Å². The molecular weight excluding hydrogens is 535 g/mol. The third kappa shape index (κ3) is 5.82. The molecule has 0 aliphatic carbocycles. The predicted octanol–water partition coefficient (Wildman–Crippen LogP) is 4.78. The average Bonchev–Trinajstić information content (AvgIpc) is 3.56. The van der Waals surface area contributed by atoms with Crippen LogP contribution in [0.15, 0.2) is 82.6 Å². The lowest BCUT2D eigenvalue weighted by Gasteiger charge is -2.13. The number of aliphatic imine (C=N–C) groups is 2. The van der Waals surface area contributed by atoms with E-state index in [-0.39, 0.29) is 48.3 Å². The Hall–Kier alpha value is -4.28. The molecule has 3 aromatic rings. The molecule has 0 N–H and O–H groups in total. The molecule has 0 saturated carbocycles. The van der Waals surface area contributed by atoms with Crippen molar-refractivity contribution in [3.8, 4) is 0 Å². The van der Waals surface area contributed by atoms with E-state index in [0.29, 0.717) is 21.3 Å². The Morgan fingerprint density at radius 3 is 2.32 bits per heavy atom. The molecule has 2 aromatic carbocycles. The molecule has 1 atom stereocenters. The highest BCUT2D eigenvalue weighted by molar-refractivity contribution is 6.31. The molecule has 0 fully saturated rings. The molecule has 0 bridgehead atoms. The summed E-state index contributed by atoms with van der Waals surface area (Å²) in [6.07, 6.45) is 4.17. The third-order valence-corrected chi connectivity index (χ3v) is 6.04. The van der Waals surface area contributed by atoms with E-state index in [1.54, 1.807) is 35.0 Å². The fourth-order valence-corrected chi connectivity index (χ4v) is 3.87. The molecular formula is C26H18Cl2N4O6. The van der Waals surface area contributed by atoms with Crippen LogP contribution >= 0.6 is 23.2 Å². The number of esters is 2. The highest BCUT2D eigenvalue weighted by Crippen LogP contribution is 2.34. The maximum Gasteiger partial charge on any atom is 0.343 e. The molecule has 2 aliphatic rings. The standard InChI is InChI=1S/C26H18Cl2N4O6/c27-17-5-1-15(2-6-17)25(34)36-13-21-20(38-26(35)16-3-7-18(28)8-4-16)11-23(37-21)32-12-19(30-14-32)24-29-10-9-22(33)31-24/h1-8,10,12,14,23H,9,11,13H2/t23-/m1/s1. The van der Waals surface area contributed by atoms with Crippen molar-refractivity contribution in [1.82, 2.24) is 9.55 Å². The zero-order valence-corrected chi connectivity index (χ0v) is 21.1. The van der Waals surface area contributed by atoms with E-state index in [9.17, 15) is 14.4 Å². The molecule has 0 saturated heterocycles. The van der Waals surface area contributed by atoms with Crippen LogP contribution in [0.5, 0.6) is 0 Å². The van der Waals surface area contributed by atoms with Crippen molar-refractivity contribution in [2.75, 3.05) is 6.61 Å². The lowest BCUT2D eigenvalue weighted by Crippen LogP contribution is -2.11. The Morgan fingerprint density at radius 2 is 1.66 bits per heavy atom. The van der Waals surface area contributed by atoms with Crippen molar-refractivity contribution in [2.45, 2.75) is 19.1 Å². The van der Waals surface area contributed by atoms with Crippen molar-refractivity contribution in [2.24, 2.45) is 9.98 Å². The van der Waals surface area contributed by atoms with E-state index in [1.165, 1.54) is 36.8 Å². The van der Waals surface area contributed by atoms with Crippen LogP contribution in [-0.4, -0.2) is 46.1 Å². The van der Waals surface area contributed by atoms with Gasteiger partial charge in [0.15, 0.2) is 30.2 Å². The van der Waals surface area contributed by atoms with E-state index >= 15 is 0 Å². The van der Waals surface area contributed by atoms with Crippen LogP contribution in [0.2, 0.25) is 10.0 Å². The highest BCUT2D eigenvalue weighted by atomic mass is 35.5. The summed E-state index contributed by atoms with van der Waals surface area (Å²) in [6.45, 7) is -0.283. The average molecular weight is 553 g/mol. The summed E-state index contributed by atoms with van der Waals surface area (Å²) < 4.78 is 18.7. The largest absolute Gasteiger partial charge is 0.467 e. The van der Waals surface area contributed by atoms with Gasteiger partial charge in [0.05, 0.1) is 30.3 Å². The molecule has 192 valence electrons. The fourth-order valence-electron chi connectivity index (χ4n) is 3.62. The lowest BCUT2D eigenvalue weighted by molar-refractivity contribution is -0.116. The molecule has 38 heavy (non-hydrogen) atoms. The molecule has 2 aliphatic heterocycles. The first-order valence-corrected chi connectivity index (χ1v) is 12.1. The Labute approximate surface area is 226 Å². The SMILES string of the molecule is O=C1CC=NC(c2cn([C@H]3CC(OC(=O)c4ccc(Cl)cc4)=C(COC(=O)c4ccc(Cl)cc4)O3)cn2)=N1. The van der Waals surface area contributed by atoms with Crippen molar-refractivity contribution in [3.63, 3.8) is 0 Å². The van der Waals surface area contributed by atoms with E-state index in [4.69, 9.17) is 37.4 Å². The summed E-state index contributed by atoms with van der Waals surface area (Å²) >= 11 is 11.8. The van der Waals surface area contributed by atoms with Crippen LogP contribution in [0.25, 0.3) is 0 Å². The molecule has 0 radical (unpaired) electrons. The number of nitrogens with zero attached hydrogens (tertiary/aromatic N) is 4. The molecule has 5 rings (SSSR count). The van der Waals surface area contributed by atoms with E-state index in [1.807, 2.05) is 0 Å². The van der Waals surface area contributed by atoms with Gasteiger partial charge >= 0.3 is 11.9 Å². The van der Waals surface area contributed by atoms with Crippen LogP contribution in [0.4, 0.5) is 0 Å². The highest BCUT2D eigenvalue weighted by Gasteiger charge is 2.32. The molecule has 0 unspecified atom stereocenters. The van der Waals surface area contributed by atoms with Crippen molar-refractivity contribution < 1.29 is 28.6 Å². The Kier molecular flexibility index (Phi) is 7.34. The van der Waals surface area contributed by atoms with Crippen LogP contribution in [-0.2, 0) is 19.0 Å². The number of hydrogen-bond acceptors (Lipinski definition) is 8. The third-order valence-electron chi connectivity index (χ3n) is 5.53. The molecule has 10 nitrogen and oxygen atoms in total. The van der Waals surface area contributed by atoms with Crippen LogP contribution in [0.1, 0.15) is 45.5 Å². The topological polar surface area (TPSA) is 121 Å². The van der Waals surface area contributed by atoms with Gasteiger partial charge in [0.1, 0.15) is 5.69 Å². The first-order valence-electron chi connectivity index (χ1n) is 11.3. The smallest absolute Gasteiger partial charge is 0.343 e. The molecule has 12 heteroatoms. The second-order valence-corrected chi connectivity index (χ2v) is 9.03. The number of ether oxygens (including phenoxy) is 3. The van der Waals surface area contributed by atoms with Gasteiger partial charge in [-0.1, -0.05) is 23.2 Å². The summed E-state index contributed by atoms with van der Waals surface area (Å²) in [6, 6.07) is 12.4. The number of amides is 1. The van der Waals surface area contributed by atoms with Gasteiger partial charge in [-0.05, 0) is 48.5 Å². The zero-order valence-electron chi connectivity index (χ0n) is 19.5. The van der Waals surface area contributed by atoms with E-state index in [0.717, 1.165) is 0 Å². The number of hydrogen-bond donors (Lipinski definition) is 0. The Balaban J connectivity index is 1.34. The maximum atomic E-state index is 12.8. The second kappa shape index (κ2) is 11.0. The Morgan fingerprint density at radius 1 is 1.00 bits per heavy atom. The first-order chi connectivity index (χ1) is 18.4. The number of amidine groups is 1. The van der Waals surface area contributed by atoms with E-state index < -0.39 is 18.2 Å². The van der Waals surface area contributed by atoms with Crippen molar-refractivity contribution in [3.05, 3.63) is 99.4 Å². The number of benzene rings is 2. The molecule has 3 heterocycles. The molecule has 1 aromatic heterocycles. The van der Waals surface area contributed by atoms with Gasteiger partial charge in [-0.25, -0.2) is 19.6 Å². The second-order valence-electron chi connectivity index (χ2n) is 8.15. The van der Waals surface area contributed by atoms with Gasteiger partial charge in [0.2, 0.25) is 0 Å². The van der Waals surface area contributed by atoms with E-state index in [2.05, 4.69) is 15.0 Å². The normalized spacial score (nSPS) is 16.7. The van der Waals surface area contributed by atoms with Gasteiger partial charge in [0, 0.05) is 22.5 Å². The van der Waals surface area contributed by atoms with Crippen LogP contribution in [0.3, 0.4) is 0 Å². The fraction of sp³-hybridized carbons (Fsp3) is 0.154.